The summed E-state index contributed by atoms with van der Waals surface area (Å²) in [7, 11) is 1.68. The second-order valence-electron chi connectivity index (χ2n) is 6.35. The van der Waals surface area contributed by atoms with E-state index in [-0.39, 0.29) is 12.1 Å². The number of ether oxygens (including phenoxy) is 1. The van der Waals surface area contributed by atoms with E-state index in [1.807, 2.05) is 12.1 Å². The molecule has 1 aliphatic rings. The summed E-state index contributed by atoms with van der Waals surface area (Å²) in [5, 5.41) is 6.15. The summed E-state index contributed by atoms with van der Waals surface area (Å²) in [6, 6.07) is 8.54. The Bertz CT molecular complexity index is 511. The summed E-state index contributed by atoms with van der Waals surface area (Å²) in [4.78, 5) is 14.5. The molecule has 1 fully saturated rings. The van der Waals surface area contributed by atoms with Crippen molar-refractivity contribution in [1.82, 2.24) is 15.5 Å². The Morgan fingerprint density at radius 1 is 1.29 bits per heavy atom. The summed E-state index contributed by atoms with van der Waals surface area (Å²) >= 11 is 0. The SMILES string of the molecule is CCN(CC)[C@@H](CNC(=O)NC1CCCC1)c1cccc(OC)c1. The number of nitrogens with one attached hydrogen (secondary N) is 2. The van der Waals surface area contributed by atoms with Gasteiger partial charge < -0.3 is 15.4 Å². The second kappa shape index (κ2) is 9.52. The predicted molar refractivity (Wildman–Crippen MR) is 97.4 cm³/mol. The highest BCUT2D eigenvalue weighted by molar-refractivity contribution is 5.74. The van der Waals surface area contributed by atoms with Crippen molar-refractivity contribution in [2.75, 3.05) is 26.7 Å². The fourth-order valence-electron chi connectivity index (χ4n) is 3.47. The zero-order chi connectivity index (χ0) is 17.4. The molecular formula is C19H31N3O2. The van der Waals surface area contributed by atoms with Gasteiger partial charge in [-0.2, -0.15) is 0 Å². The lowest BCUT2D eigenvalue weighted by Gasteiger charge is -2.30. The normalized spacial score (nSPS) is 16.2. The number of carbonyl (C=O) groups is 1. The van der Waals surface area contributed by atoms with Crippen molar-refractivity contribution in [3.05, 3.63) is 29.8 Å². The first-order valence-electron chi connectivity index (χ1n) is 9.10. The number of urea groups is 1. The minimum Gasteiger partial charge on any atom is -0.497 e. The van der Waals surface area contributed by atoms with Crippen molar-refractivity contribution >= 4 is 6.03 Å². The Morgan fingerprint density at radius 3 is 2.62 bits per heavy atom. The van der Waals surface area contributed by atoms with Crippen LogP contribution in [0.2, 0.25) is 0 Å². The number of nitrogens with zero attached hydrogens (tertiary/aromatic N) is 1. The van der Waals surface area contributed by atoms with E-state index in [9.17, 15) is 4.79 Å². The molecule has 5 heteroatoms. The number of amides is 2. The molecule has 24 heavy (non-hydrogen) atoms. The van der Waals surface area contributed by atoms with Gasteiger partial charge in [0.15, 0.2) is 0 Å². The van der Waals surface area contributed by atoms with Crippen molar-refractivity contribution in [3.8, 4) is 5.75 Å². The van der Waals surface area contributed by atoms with Crippen molar-refractivity contribution in [3.63, 3.8) is 0 Å². The topological polar surface area (TPSA) is 53.6 Å². The third-order valence-corrected chi connectivity index (χ3v) is 4.88. The van der Waals surface area contributed by atoms with E-state index in [4.69, 9.17) is 4.74 Å². The minimum atomic E-state index is -0.0537. The number of carbonyl (C=O) groups excluding carboxylic acids is 1. The third kappa shape index (κ3) is 5.13. The summed E-state index contributed by atoms with van der Waals surface area (Å²) in [6.45, 7) is 6.76. The van der Waals surface area contributed by atoms with Crippen molar-refractivity contribution in [1.29, 1.82) is 0 Å². The quantitative estimate of drug-likeness (QED) is 0.767. The number of rotatable bonds is 8. The molecule has 0 unspecified atom stereocenters. The molecule has 2 N–H and O–H groups in total. The first-order valence-corrected chi connectivity index (χ1v) is 9.10. The van der Waals surface area contributed by atoms with Crippen LogP contribution in [0.15, 0.2) is 24.3 Å². The molecule has 0 radical (unpaired) electrons. The largest absolute Gasteiger partial charge is 0.497 e. The molecule has 1 atom stereocenters. The zero-order valence-corrected chi connectivity index (χ0v) is 15.2. The summed E-state index contributed by atoms with van der Waals surface area (Å²) in [6.07, 6.45) is 4.64. The molecule has 1 aromatic carbocycles. The van der Waals surface area contributed by atoms with E-state index in [0.717, 1.165) is 31.7 Å². The highest BCUT2D eigenvalue weighted by atomic mass is 16.5. The average Bonchev–Trinajstić information content (AvgIpc) is 3.11. The first kappa shape index (κ1) is 18.6. The zero-order valence-electron chi connectivity index (χ0n) is 15.2. The van der Waals surface area contributed by atoms with Crippen LogP contribution in [0.5, 0.6) is 5.75 Å². The molecule has 2 amide bonds. The van der Waals surface area contributed by atoms with Crippen LogP contribution in [0.25, 0.3) is 0 Å². The molecule has 5 nitrogen and oxygen atoms in total. The van der Waals surface area contributed by atoms with Gasteiger partial charge in [0, 0.05) is 12.6 Å². The van der Waals surface area contributed by atoms with Crippen LogP contribution in [0, 0.1) is 0 Å². The molecule has 1 saturated carbocycles. The molecule has 2 rings (SSSR count). The number of benzene rings is 1. The highest BCUT2D eigenvalue weighted by Gasteiger charge is 2.21. The Balaban J connectivity index is 2.01. The third-order valence-electron chi connectivity index (χ3n) is 4.88. The van der Waals surface area contributed by atoms with Gasteiger partial charge in [-0.05, 0) is 43.6 Å². The summed E-state index contributed by atoms with van der Waals surface area (Å²) in [5.41, 5.74) is 1.17. The highest BCUT2D eigenvalue weighted by Crippen LogP contribution is 2.24. The molecule has 0 aliphatic heterocycles. The van der Waals surface area contributed by atoms with Crippen LogP contribution in [-0.2, 0) is 0 Å². The fourth-order valence-corrected chi connectivity index (χ4v) is 3.47. The van der Waals surface area contributed by atoms with Crippen LogP contribution >= 0.6 is 0 Å². The van der Waals surface area contributed by atoms with Crippen LogP contribution < -0.4 is 15.4 Å². The monoisotopic (exact) mass is 333 g/mol. The summed E-state index contributed by atoms with van der Waals surface area (Å²) in [5.74, 6) is 0.847. The van der Waals surface area contributed by atoms with Gasteiger partial charge in [-0.25, -0.2) is 4.79 Å². The van der Waals surface area contributed by atoms with E-state index in [0.29, 0.717) is 12.6 Å². The molecule has 0 aromatic heterocycles. The van der Waals surface area contributed by atoms with Gasteiger partial charge in [0.25, 0.3) is 0 Å². The molecule has 1 aromatic rings. The first-order chi connectivity index (χ1) is 11.7. The second-order valence-corrected chi connectivity index (χ2v) is 6.35. The van der Waals surface area contributed by atoms with Crippen LogP contribution in [0.1, 0.15) is 51.1 Å². The molecule has 0 spiro atoms. The van der Waals surface area contributed by atoms with Gasteiger partial charge >= 0.3 is 6.03 Å². The van der Waals surface area contributed by atoms with Crippen molar-refractivity contribution in [2.24, 2.45) is 0 Å². The lowest BCUT2D eigenvalue weighted by molar-refractivity contribution is 0.204. The van der Waals surface area contributed by atoms with E-state index in [1.54, 1.807) is 7.11 Å². The number of hydrogen-bond acceptors (Lipinski definition) is 3. The van der Waals surface area contributed by atoms with Gasteiger partial charge in [-0.1, -0.05) is 38.8 Å². The number of methoxy groups -OCH3 is 1. The number of hydrogen-bond donors (Lipinski definition) is 2. The molecule has 134 valence electrons. The van der Waals surface area contributed by atoms with Gasteiger partial charge in [0.1, 0.15) is 5.75 Å². The lowest BCUT2D eigenvalue weighted by Crippen LogP contribution is -2.45. The average molecular weight is 333 g/mol. The fraction of sp³-hybridized carbons (Fsp3) is 0.632. The Morgan fingerprint density at radius 2 is 2.00 bits per heavy atom. The maximum Gasteiger partial charge on any atom is 0.315 e. The Kier molecular flexibility index (Phi) is 7.37. The molecule has 0 bridgehead atoms. The van der Waals surface area contributed by atoms with E-state index in [2.05, 4.69) is 41.5 Å². The van der Waals surface area contributed by atoms with E-state index >= 15 is 0 Å². The van der Waals surface area contributed by atoms with Crippen LogP contribution in [-0.4, -0.2) is 43.7 Å². The minimum absolute atomic E-state index is 0.0537. The lowest BCUT2D eigenvalue weighted by atomic mass is 10.0. The van der Waals surface area contributed by atoms with Crippen LogP contribution in [0.4, 0.5) is 4.79 Å². The van der Waals surface area contributed by atoms with Gasteiger partial charge in [0.05, 0.1) is 13.2 Å². The number of likely N-dealkylation sites (N-methyl/N-ethyl adjacent to an activating group) is 1. The van der Waals surface area contributed by atoms with Gasteiger partial charge in [0.2, 0.25) is 0 Å². The molecule has 1 aliphatic carbocycles. The maximum absolute atomic E-state index is 12.2. The maximum atomic E-state index is 12.2. The molecule has 0 heterocycles. The van der Waals surface area contributed by atoms with Crippen molar-refractivity contribution < 1.29 is 9.53 Å². The summed E-state index contributed by atoms with van der Waals surface area (Å²) < 4.78 is 5.35. The molecular weight excluding hydrogens is 302 g/mol. The predicted octanol–water partition coefficient (Wildman–Crippen LogP) is 3.32. The van der Waals surface area contributed by atoms with Crippen molar-refractivity contribution in [2.45, 2.75) is 51.6 Å². The van der Waals surface area contributed by atoms with E-state index < -0.39 is 0 Å². The molecule has 0 saturated heterocycles. The smallest absolute Gasteiger partial charge is 0.315 e. The van der Waals surface area contributed by atoms with E-state index in [1.165, 1.54) is 18.4 Å². The standard InChI is InChI=1S/C19H31N3O2/c1-4-22(5-2)18(15-9-8-12-17(13-15)24-3)14-20-19(23)21-16-10-6-7-11-16/h8-9,12-13,16,18H,4-7,10-11,14H2,1-3H3,(H2,20,21,23)/t18-/m0/s1. The van der Waals surface area contributed by atoms with Gasteiger partial charge in [-0.3, -0.25) is 4.90 Å². The van der Waals surface area contributed by atoms with Gasteiger partial charge in [-0.15, -0.1) is 0 Å². The Labute approximate surface area is 145 Å². The Hall–Kier alpha value is -1.75. The van der Waals surface area contributed by atoms with Crippen LogP contribution in [0.3, 0.4) is 0 Å².